The van der Waals surface area contributed by atoms with Crippen LogP contribution in [0.4, 0.5) is 0 Å². The highest BCUT2D eigenvalue weighted by Crippen LogP contribution is 2.24. The smallest absolute Gasteiger partial charge is 0.128 e. The number of rotatable bonds is 6. The molecule has 1 atom stereocenters. The number of aliphatic hydroxyl groups excluding tert-OH is 1. The average molecular weight is 248 g/mol. The molecule has 1 aromatic carbocycles. The Morgan fingerprint density at radius 3 is 2.94 bits per heavy atom. The molecule has 18 heavy (non-hydrogen) atoms. The van der Waals surface area contributed by atoms with E-state index in [0.717, 1.165) is 16.7 Å². The molecule has 98 valence electrons. The first-order valence-electron chi connectivity index (χ1n) is 6.27. The Morgan fingerprint density at radius 1 is 1.33 bits per heavy atom. The number of fused-ring (bicyclic) bond motifs is 1. The summed E-state index contributed by atoms with van der Waals surface area (Å²) in [6.07, 6.45) is 1.38. The number of ether oxygens (including phenoxy) is 1. The molecule has 0 fully saturated rings. The quantitative estimate of drug-likeness (QED) is 0.732. The van der Waals surface area contributed by atoms with Gasteiger partial charge in [0.15, 0.2) is 0 Å². The van der Waals surface area contributed by atoms with Crippen molar-refractivity contribution in [3.63, 3.8) is 0 Å². The van der Waals surface area contributed by atoms with Crippen LogP contribution in [0.3, 0.4) is 0 Å². The van der Waals surface area contributed by atoms with Gasteiger partial charge >= 0.3 is 0 Å². The van der Waals surface area contributed by atoms with Crippen molar-refractivity contribution in [2.75, 3.05) is 13.2 Å². The highest BCUT2D eigenvalue weighted by atomic mass is 16.5. The molecular weight excluding hydrogens is 228 g/mol. The van der Waals surface area contributed by atoms with Crippen molar-refractivity contribution in [1.82, 2.24) is 10.3 Å². The molecular formula is C14H20N2O2. The number of aliphatic hydroxyl groups is 1. The van der Waals surface area contributed by atoms with E-state index in [2.05, 4.69) is 10.3 Å². The standard InChI is InChI=1S/C14H20N2O2/c1-10(2)16-8-11(17)9-18-14-5-3-4-13-12(14)6-7-15-13/h3-7,10-11,15-17H,8-9H2,1-2H3/t11-/m1/s1. The van der Waals surface area contributed by atoms with Gasteiger partial charge in [0.05, 0.1) is 0 Å². The predicted molar refractivity (Wildman–Crippen MR) is 72.9 cm³/mol. The SMILES string of the molecule is CC(C)NC[C@@H](O)COc1cccc2[nH]ccc12. The third-order valence-electron chi connectivity index (χ3n) is 2.75. The number of hydrogen-bond acceptors (Lipinski definition) is 3. The Morgan fingerprint density at radius 2 is 2.17 bits per heavy atom. The summed E-state index contributed by atoms with van der Waals surface area (Å²) in [5.41, 5.74) is 1.04. The zero-order valence-electron chi connectivity index (χ0n) is 10.8. The maximum Gasteiger partial charge on any atom is 0.128 e. The first kappa shape index (κ1) is 12.9. The minimum absolute atomic E-state index is 0.296. The molecule has 4 nitrogen and oxygen atoms in total. The maximum absolute atomic E-state index is 9.79. The van der Waals surface area contributed by atoms with E-state index in [1.165, 1.54) is 0 Å². The Labute approximate surface area is 107 Å². The maximum atomic E-state index is 9.79. The van der Waals surface area contributed by atoms with Crippen LogP contribution < -0.4 is 10.1 Å². The summed E-state index contributed by atoms with van der Waals surface area (Å²) < 4.78 is 5.66. The number of benzene rings is 1. The molecule has 0 saturated heterocycles. The van der Waals surface area contributed by atoms with Crippen molar-refractivity contribution in [1.29, 1.82) is 0 Å². The fourth-order valence-corrected chi connectivity index (χ4v) is 1.80. The zero-order chi connectivity index (χ0) is 13.0. The van der Waals surface area contributed by atoms with E-state index in [4.69, 9.17) is 4.74 Å². The summed E-state index contributed by atoms with van der Waals surface area (Å²) in [6.45, 7) is 4.94. The molecule has 0 aliphatic rings. The highest BCUT2D eigenvalue weighted by molar-refractivity contribution is 5.85. The van der Waals surface area contributed by atoms with Crippen molar-refractivity contribution < 1.29 is 9.84 Å². The van der Waals surface area contributed by atoms with Crippen LogP contribution in [-0.2, 0) is 0 Å². The minimum atomic E-state index is -0.499. The minimum Gasteiger partial charge on any atom is -0.490 e. The van der Waals surface area contributed by atoms with E-state index in [0.29, 0.717) is 19.2 Å². The van der Waals surface area contributed by atoms with Gasteiger partial charge in [0.1, 0.15) is 18.5 Å². The third kappa shape index (κ3) is 3.24. The van der Waals surface area contributed by atoms with Crippen molar-refractivity contribution in [3.05, 3.63) is 30.5 Å². The van der Waals surface area contributed by atoms with Crippen molar-refractivity contribution in [2.24, 2.45) is 0 Å². The molecule has 1 aromatic heterocycles. The van der Waals surface area contributed by atoms with Crippen LogP contribution >= 0.6 is 0 Å². The van der Waals surface area contributed by atoms with E-state index < -0.39 is 6.10 Å². The summed E-state index contributed by atoms with van der Waals surface area (Å²) in [4.78, 5) is 3.13. The van der Waals surface area contributed by atoms with Crippen LogP contribution in [0.5, 0.6) is 5.75 Å². The fourth-order valence-electron chi connectivity index (χ4n) is 1.80. The molecule has 0 unspecified atom stereocenters. The second-order valence-electron chi connectivity index (χ2n) is 4.72. The molecule has 0 spiro atoms. The van der Waals surface area contributed by atoms with E-state index in [1.807, 2.05) is 44.3 Å². The van der Waals surface area contributed by atoms with Crippen molar-refractivity contribution >= 4 is 10.9 Å². The molecule has 2 rings (SSSR count). The Bertz CT molecular complexity index is 493. The molecule has 0 aliphatic heterocycles. The van der Waals surface area contributed by atoms with Gasteiger partial charge in [-0.2, -0.15) is 0 Å². The van der Waals surface area contributed by atoms with Gasteiger partial charge in [0, 0.05) is 29.7 Å². The van der Waals surface area contributed by atoms with E-state index in [1.54, 1.807) is 0 Å². The Kier molecular flexibility index (Phi) is 4.23. The molecule has 2 aromatic rings. The molecule has 0 saturated carbocycles. The van der Waals surface area contributed by atoms with Gasteiger partial charge in [-0.15, -0.1) is 0 Å². The lowest BCUT2D eigenvalue weighted by molar-refractivity contribution is 0.105. The summed E-state index contributed by atoms with van der Waals surface area (Å²) in [6, 6.07) is 8.20. The van der Waals surface area contributed by atoms with Crippen LogP contribution in [0.1, 0.15) is 13.8 Å². The van der Waals surface area contributed by atoms with Gasteiger partial charge < -0.3 is 20.1 Å². The summed E-state index contributed by atoms with van der Waals surface area (Å²) in [5.74, 6) is 0.803. The lowest BCUT2D eigenvalue weighted by Gasteiger charge is -2.15. The Hall–Kier alpha value is -1.52. The molecule has 3 N–H and O–H groups in total. The number of H-pyrrole nitrogens is 1. The molecule has 4 heteroatoms. The third-order valence-corrected chi connectivity index (χ3v) is 2.75. The fraction of sp³-hybridized carbons (Fsp3) is 0.429. The first-order valence-corrected chi connectivity index (χ1v) is 6.27. The van der Waals surface area contributed by atoms with Gasteiger partial charge in [0.25, 0.3) is 0 Å². The average Bonchev–Trinajstić information content (AvgIpc) is 2.82. The second kappa shape index (κ2) is 5.89. The lowest BCUT2D eigenvalue weighted by atomic mass is 10.2. The summed E-state index contributed by atoms with van der Waals surface area (Å²) in [5, 5.41) is 14.0. The van der Waals surface area contributed by atoms with Crippen LogP contribution in [0.25, 0.3) is 10.9 Å². The second-order valence-corrected chi connectivity index (χ2v) is 4.72. The molecule has 0 radical (unpaired) electrons. The predicted octanol–water partition coefficient (Wildman–Crippen LogP) is 1.91. The number of nitrogens with one attached hydrogen (secondary N) is 2. The van der Waals surface area contributed by atoms with Crippen molar-refractivity contribution in [2.45, 2.75) is 26.0 Å². The van der Waals surface area contributed by atoms with Crippen LogP contribution in [-0.4, -0.2) is 35.4 Å². The largest absolute Gasteiger partial charge is 0.490 e. The van der Waals surface area contributed by atoms with E-state index >= 15 is 0 Å². The van der Waals surface area contributed by atoms with Crippen LogP contribution in [0, 0.1) is 0 Å². The lowest BCUT2D eigenvalue weighted by Crippen LogP contribution is -2.35. The van der Waals surface area contributed by atoms with E-state index in [-0.39, 0.29) is 0 Å². The van der Waals surface area contributed by atoms with Gasteiger partial charge in [-0.05, 0) is 18.2 Å². The van der Waals surface area contributed by atoms with Gasteiger partial charge in [0.2, 0.25) is 0 Å². The summed E-state index contributed by atoms with van der Waals surface area (Å²) >= 11 is 0. The van der Waals surface area contributed by atoms with Crippen LogP contribution in [0.2, 0.25) is 0 Å². The topological polar surface area (TPSA) is 57.3 Å². The van der Waals surface area contributed by atoms with Gasteiger partial charge in [-0.3, -0.25) is 0 Å². The molecule has 1 heterocycles. The highest BCUT2D eigenvalue weighted by Gasteiger charge is 2.08. The summed E-state index contributed by atoms with van der Waals surface area (Å²) in [7, 11) is 0. The van der Waals surface area contributed by atoms with Gasteiger partial charge in [-0.25, -0.2) is 0 Å². The number of hydrogen-bond donors (Lipinski definition) is 3. The number of aromatic nitrogens is 1. The van der Waals surface area contributed by atoms with Gasteiger partial charge in [-0.1, -0.05) is 19.9 Å². The normalized spacial score (nSPS) is 13.1. The Balaban J connectivity index is 1.91. The zero-order valence-corrected chi connectivity index (χ0v) is 10.8. The number of aromatic amines is 1. The first-order chi connectivity index (χ1) is 8.66. The van der Waals surface area contributed by atoms with Crippen LogP contribution in [0.15, 0.2) is 30.5 Å². The van der Waals surface area contributed by atoms with Crippen molar-refractivity contribution in [3.8, 4) is 5.75 Å². The molecule has 0 bridgehead atoms. The molecule has 0 amide bonds. The van der Waals surface area contributed by atoms with E-state index in [9.17, 15) is 5.11 Å². The monoisotopic (exact) mass is 248 g/mol. The molecule has 0 aliphatic carbocycles.